The zero-order valence-corrected chi connectivity index (χ0v) is 11.3. The predicted molar refractivity (Wildman–Crippen MR) is 75.8 cm³/mol. The van der Waals surface area contributed by atoms with Crippen LogP contribution in [-0.2, 0) is 4.79 Å². The van der Waals surface area contributed by atoms with Crippen molar-refractivity contribution in [1.82, 2.24) is 4.98 Å². The van der Waals surface area contributed by atoms with E-state index in [1.54, 1.807) is 30.3 Å². The minimum atomic E-state index is -0.373. The number of benzene rings is 2. The highest BCUT2D eigenvalue weighted by atomic mass is 35.5. The summed E-state index contributed by atoms with van der Waals surface area (Å²) in [6.07, 6.45) is 0. The fraction of sp³-hybridized carbons (Fsp3) is 0.0667. The average Bonchev–Trinajstić information content (AvgIpc) is 2.81. The molecule has 0 amide bonds. The van der Waals surface area contributed by atoms with Crippen LogP contribution in [0.1, 0.15) is 6.92 Å². The highest BCUT2D eigenvalue weighted by molar-refractivity contribution is 6.30. The van der Waals surface area contributed by atoms with E-state index >= 15 is 0 Å². The Labute approximate surface area is 119 Å². The predicted octanol–water partition coefficient (Wildman–Crippen LogP) is 4.07. The zero-order valence-electron chi connectivity index (χ0n) is 10.6. The van der Waals surface area contributed by atoms with Crippen LogP contribution in [0.25, 0.3) is 22.6 Å². The molecular weight excluding hydrogens is 278 g/mol. The lowest BCUT2D eigenvalue weighted by Crippen LogP contribution is -2.00. The van der Waals surface area contributed by atoms with E-state index in [0.717, 1.165) is 5.56 Å². The van der Waals surface area contributed by atoms with E-state index in [1.165, 1.54) is 6.92 Å². The molecule has 0 aliphatic rings. The number of esters is 1. The molecule has 2 aromatic carbocycles. The van der Waals surface area contributed by atoms with Gasteiger partial charge in [0, 0.05) is 23.6 Å². The Morgan fingerprint density at radius 1 is 1.20 bits per heavy atom. The molecule has 0 N–H and O–H groups in total. The molecule has 100 valence electrons. The smallest absolute Gasteiger partial charge is 0.308 e. The fourth-order valence-electron chi connectivity index (χ4n) is 1.85. The summed E-state index contributed by atoms with van der Waals surface area (Å²) in [5, 5.41) is 0.655. The summed E-state index contributed by atoms with van der Waals surface area (Å²) >= 11 is 5.85. The molecule has 1 heterocycles. The molecule has 0 aliphatic carbocycles. The van der Waals surface area contributed by atoms with Crippen molar-refractivity contribution in [3.8, 4) is 17.2 Å². The Bertz CT molecular complexity index is 777. The van der Waals surface area contributed by atoms with Gasteiger partial charge in [-0.15, -0.1) is 0 Å². The molecule has 0 aliphatic heterocycles. The van der Waals surface area contributed by atoms with Crippen molar-refractivity contribution in [3.05, 3.63) is 47.5 Å². The van der Waals surface area contributed by atoms with Gasteiger partial charge in [-0.1, -0.05) is 11.6 Å². The molecule has 4 nitrogen and oxygen atoms in total. The highest BCUT2D eigenvalue weighted by Gasteiger charge is 2.09. The second-order valence-corrected chi connectivity index (χ2v) is 4.69. The summed E-state index contributed by atoms with van der Waals surface area (Å²) < 4.78 is 10.7. The first-order valence-corrected chi connectivity index (χ1v) is 6.34. The first kappa shape index (κ1) is 12.7. The van der Waals surface area contributed by atoms with Gasteiger partial charge in [0.05, 0.1) is 0 Å². The number of fused-ring (bicyclic) bond motifs is 1. The molecular formula is C15H10ClNO3. The van der Waals surface area contributed by atoms with Crippen molar-refractivity contribution in [1.29, 1.82) is 0 Å². The Balaban J connectivity index is 2.01. The Hall–Kier alpha value is -2.33. The van der Waals surface area contributed by atoms with Crippen LogP contribution < -0.4 is 4.74 Å². The quantitative estimate of drug-likeness (QED) is 0.526. The molecule has 1 aromatic heterocycles. The number of carbonyl (C=O) groups is 1. The summed E-state index contributed by atoms with van der Waals surface area (Å²) in [5.74, 6) is 0.558. The molecule has 3 rings (SSSR count). The Morgan fingerprint density at radius 2 is 1.95 bits per heavy atom. The van der Waals surface area contributed by atoms with Gasteiger partial charge in [-0.3, -0.25) is 4.79 Å². The zero-order chi connectivity index (χ0) is 14.1. The number of rotatable bonds is 2. The SMILES string of the molecule is CC(=O)Oc1ccc2nc(-c3ccc(Cl)cc3)oc2c1. The summed E-state index contributed by atoms with van der Waals surface area (Å²) in [5.41, 5.74) is 2.10. The van der Waals surface area contributed by atoms with Crippen molar-refractivity contribution < 1.29 is 13.9 Å². The van der Waals surface area contributed by atoms with Gasteiger partial charge in [0.2, 0.25) is 5.89 Å². The number of aromatic nitrogens is 1. The number of hydrogen-bond acceptors (Lipinski definition) is 4. The Morgan fingerprint density at radius 3 is 2.65 bits per heavy atom. The van der Waals surface area contributed by atoms with Gasteiger partial charge < -0.3 is 9.15 Å². The number of ether oxygens (including phenoxy) is 1. The molecule has 0 fully saturated rings. The second kappa shape index (κ2) is 4.98. The van der Waals surface area contributed by atoms with E-state index in [2.05, 4.69) is 4.98 Å². The summed E-state index contributed by atoms with van der Waals surface area (Å²) in [6.45, 7) is 1.35. The number of oxazole rings is 1. The number of carbonyl (C=O) groups excluding carboxylic acids is 1. The molecule has 0 spiro atoms. The topological polar surface area (TPSA) is 52.3 Å². The van der Waals surface area contributed by atoms with Crippen LogP contribution in [0.3, 0.4) is 0 Å². The molecule has 0 bridgehead atoms. The van der Waals surface area contributed by atoms with Crippen LogP contribution in [-0.4, -0.2) is 11.0 Å². The van der Waals surface area contributed by atoms with E-state index < -0.39 is 0 Å². The first-order valence-electron chi connectivity index (χ1n) is 5.97. The molecule has 5 heteroatoms. The van der Waals surface area contributed by atoms with Gasteiger partial charge in [0.15, 0.2) is 5.58 Å². The normalized spacial score (nSPS) is 10.7. The molecule has 0 saturated carbocycles. The van der Waals surface area contributed by atoms with Gasteiger partial charge in [0.1, 0.15) is 11.3 Å². The van der Waals surface area contributed by atoms with E-state index in [0.29, 0.717) is 27.8 Å². The lowest BCUT2D eigenvalue weighted by atomic mass is 10.2. The van der Waals surface area contributed by atoms with E-state index in [1.807, 2.05) is 12.1 Å². The maximum absolute atomic E-state index is 10.9. The summed E-state index contributed by atoms with van der Waals surface area (Å²) in [7, 11) is 0. The van der Waals surface area contributed by atoms with Crippen LogP contribution in [0.2, 0.25) is 5.02 Å². The van der Waals surface area contributed by atoms with Crippen molar-refractivity contribution in [2.24, 2.45) is 0 Å². The molecule has 3 aromatic rings. The lowest BCUT2D eigenvalue weighted by molar-refractivity contribution is -0.131. The fourth-order valence-corrected chi connectivity index (χ4v) is 1.98. The third-order valence-corrected chi connectivity index (χ3v) is 2.96. The van der Waals surface area contributed by atoms with Gasteiger partial charge in [0.25, 0.3) is 0 Å². The lowest BCUT2D eigenvalue weighted by Gasteiger charge is -1.98. The molecule has 0 radical (unpaired) electrons. The van der Waals surface area contributed by atoms with Gasteiger partial charge >= 0.3 is 5.97 Å². The molecule has 0 atom stereocenters. The number of hydrogen-bond donors (Lipinski definition) is 0. The second-order valence-electron chi connectivity index (χ2n) is 4.25. The largest absolute Gasteiger partial charge is 0.436 e. The third kappa shape index (κ3) is 2.51. The van der Waals surface area contributed by atoms with Gasteiger partial charge in [-0.05, 0) is 36.4 Å². The van der Waals surface area contributed by atoms with Crippen LogP contribution >= 0.6 is 11.6 Å². The van der Waals surface area contributed by atoms with Crippen LogP contribution in [0.4, 0.5) is 0 Å². The van der Waals surface area contributed by atoms with Crippen LogP contribution in [0.15, 0.2) is 46.9 Å². The minimum Gasteiger partial charge on any atom is -0.436 e. The van der Waals surface area contributed by atoms with E-state index in [9.17, 15) is 4.79 Å². The van der Waals surface area contributed by atoms with E-state index in [-0.39, 0.29) is 5.97 Å². The van der Waals surface area contributed by atoms with Crippen molar-refractivity contribution in [3.63, 3.8) is 0 Å². The van der Waals surface area contributed by atoms with Crippen LogP contribution in [0, 0.1) is 0 Å². The highest BCUT2D eigenvalue weighted by Crippen LogP contribution is 2.27. The summed E-state index contributed by atoms with van der Waals surface area (Å²) in [4.78, 5) is 15.3. The maximum Gasteiger partial charge on any atom is 0.308 e. The van der Waals surface area contributed by atoms with Crippen LogP contribution in [0.5, 0.6) is 5.75 Å². The monoisotopic (exact) mass is 287 g/mol. The molecule has 0 unspecified atom stereocenters. The molecule has 0 saturated heterocycles. The van der Waals surface area contributed by atoms with Gasteiger partial charge in [-0.2, -0.15) is 0 Å². The standard InChI is InChI=1S/C15H10ClNO3/c1-9(18)19-12-6-7-13-14(8-12)20-15(17-13)10-2-4-11(16)5-3-10/h2-8H,1H3. The van der Waals surface area contributed by atoms with Crippen molar-refractivity contribution >= 4 is 28.7 Å². The number of nitrogens with zero attached hydrogens (tertiary/aromatic N) is 1. The third-order valence-electron chi connectivity index (χ3n) is 2.71. The van der Waals surface area contributed by atoms with Crippen molar-refractivity contribution in [2.45, 2.75) is 6.92 Å². The average molecular weight is 288 g/mol. The Kier molecular flexibility index (Phi) is 3.16. The number of halogens is 1. The first-order chi connectivity index (χ1) is 9.61. The molecule has 20 heavy (non-hydrogen) atoms. The maximum atomic E-state index is 10.9. The van der Waals surface area contributed by atoms with Gasteiger partial charge in [-0.25, -0.2) is 4.98 Å². The van der Waals surface area contributed by atoms with Crippen molar-refractivity contribution in [2.75, 3.05) is 0 Å². The minimum absolute atomic E-state index is 0.373. The van der Waals surface area contributed by atoms with E-state index in [4.69, 9.17) is 20.8 Å². The summed E-state index contributed by atoms with van der Waals surface area (Å²) in [6, 6.07) is 12.3.